The van der Waals surface area contributed by atoms with Gasteiger partial charge in [-0.05, 0) is 40.2 Å². The summed E-state index contributed by atoms with van der Waals surface area (Å²) in [6.07, 6.45) is 0. The number of nitrogens with one attached hydrogen (secondary N) is 1. The Morgan fingerprint density at radius 1 is 1.04 bits per heavy atom. The quantitative estimate of drug-likeness (QED) is 0.267. The molecule has 0 saturated carbocycles. The highest BCUT2D eigenvalue weighted by Gasteiger charge is 2.12. The van der Waals surface area contributed by atoms with Crippen LogP contribution in [-0.4, -0.2) is 4.92 Å². The molecule has 3 aromatic rings. The molecule has 0 atom stereocenters. The van der Waals surface area contributed by atoms with Gasteiger partial charge in [-0.1, -0.05) is 51.8 Å². The molecule has 1 N–H and O–H groups in total. The Bertz CT molecular complexity index is 1010. The van der Waals surface area contributed by atoms with Gasteiger partial charge in [0.15, 0.2) is 0 Å². The van der Waals surface area contributed by atoms with Crippen LogP contribution in [0, 0.1) is 10.1 Å². The topological polar surface area (TPSA) is 64.4 Å². The van der Waals surface area contributed by atoms with Crippen molar-refractivity contribution in [2.45, 2.75) is 13.2 Å². The first-order valence-corrected chi connectivity index (χ1v) is 10.2. The third-order valence-corrected chi connectivity index (χ3v) is 5.37. The molecule has 0 spiro atoms. The summed E-state index contributed by atoms with van der Waals surface area (Å²) in [5.74, 6) is 0.682. The molecular formula is C20H15Br2ClN2O3. The predicted octanol–water partition coefficient (Wildman–Crippen LogP) is 6.96. The Morgan fingerprint density at radius 2 is 1.82 bits per heavy atom. The van der Waals surface area contributed by atoms with E-state index in [1.807, 2.05) is 36.4 Å². The van der Waals surface area contributed by atoms with E-state index in [1.165, 1.54) is 12.1 Å². The van der Waals surface area contributed by atoms with Crippen LogP contribution in [0.15, 0.2) is 69.6 Å². The zero-order chi connectivity index (χ0) is 20.1. The number of halogens is 3. The van der Waals surface area contributed by atoms with Gasteiger partial charge in [0.05, 0.1) is 9.40 Å². The van der Waals surface area contributed by atoms with Crippen molar-refractivity contribution in [1.82, 2.24) is 0 Å². The van der Waals surface area contributed by atoms with Crippen LogP contribution in [0.5, 0.6) is 5.75 Å². The van der Waals surface area contributed by atoms with Crippen LogP contribution in [0.4, 0.5) is 11.4 Å². The molecule has 0 unspecified atom stereocenters. The predicted molar refractivity (Wildman–Crippen MR) is 118 cm³/mol. The van der Waals surface area contributed by atoms with Crippen molar-refractivity contribution in [3.63, 3.8) is 0 Å². The highest BCUT2D eigenvalue weighted by atomic mass is 79.9. The van der Waals surface area contributed by atoms with E-state index in [1.54, 1.807) is 12.1 Å². The van der Waals surface area contributed by atoms with Crippen molar-refractivity contribution in [2.24, 2.45) is 0 Å². The first-order chi connectivity index (χ1) is 13.4. The summed E-state index contributed by atoms with van der Waals surface area (Å²) in [5.41, 5.74) is 2.47. The molecule has 0 amide bonds. The minimum absolute atomic E-state index is 0.0376. The molecule has 0 aromatic heterocycles. The van der Waals surface area contributed by atoms with E-state index in [0.717, 1.165) is 20.1 Å². The number of anilines is 1. The highest BCUT2D eigenvalue weighted by molar-refractivity contribution is 9.11. The van der Waals surface area contributed by atoms with Gasteiger partial charge < -0.3 is 10.1 Å². The van der Waals surface area contributed by atoms with Gasteiger partial charge in [-0.15, -0.1) is 0 Å². The molecule has 5 nitrogen and oxygen atoms in total. The summed E-state index contributed by atoms with van der Waals surface area (Å²) in [5, 5.41) is 14.8. The zero-order valence-corrected chi connectivity index (χ0v) is 18.4. The Balaban J connectivity index is 1.79. The summed E-state index contributed by atoms with van der Waals surface area (Å²) in [7, 11) is 0. The van der Waals surface area contributed by atoms with Gasteiger partial charge >= 0.3 is 0 Å². The molecule has 0 saturated heterocycles. The van der Waals surface area contributed by atoms with E-state index in [4.69, 9.17) is 16.3 Å². The maximum atomic E-state index is 11.0. The van der Waals surface area contributed by atoms with Gasteiger partial charge in [0.2, 0.25) is 0 Å². The van der Waals surface area contributed by atoms with E-state index in [0.29, 0.717) is 29.6 Å². The lowest BCUT2D eigenvalue weighted by Crippen LogP contribution is -2.05. The lowest BCUT2D eigenvalue weighted by molar-refractivity contribution is -0.384. The Morgan fingerprint density at radius 3 is 2.57 bits per heavy atom. The number of benzene rings is 3. The van der Waals surface area contributed by atoms with E-state index < -0.39 is 4.92 Å². The van der Waals surface area contributed by atoms with Crippen LogP contribution < -0.4 is 10.1 Å². The van der Waals surface area contributed by atoms with Gasteiger partial charge in [0.25, 0.3) is 5.69 Å². The third kappa shape index (κ3) is 5.25. The summed E-state index contributed by atoms with van der Waals surface area (Å²) in [6.45, 7) is 0.751. The fraction of sp³-hybridized carbons (Fsp3) is 0.100. The summed E-state index contributed by atoms with van der Waals surface area (Å²) < 4.78 is 7.73. The molecule has 0 fully saturated rings. The molecule has 8 heteroatoms. The van der Waals surface area contributed by atoms with Crippen molar-refractivity contribution in [1.29, 1.82) is 0 Å². The second-order valence-electron chi connectivity index (χ2n) is 5.92. The standard InChI is InChI=1S/C20H15Br2ClN2O3/c21-15-8-14(11-24-16-5-3-6-17(10-16)25(26)27)20(18(22)9-15)28-12-13-4-1-2-7-19(13)23/h1-10,24H,11-12H2. The fourth-order valence-corrected chi connectivity index (χ4v) is 4.22. The van der Waals surface area contributed by atoms with Crippen LogP contribution in [-0.2, 0) is 13.2 Å². The molecule has 0 radical (unpaired) electrons. The van der Waals surface area contributed by atoms with Crippen molar-refractivity contribution in [3.05, 3.63) is 95.9 Å². The van der Waals surface area contributed by atoms with E-state index in [9.17, 15) is 10.1 Å². The lowest BCUT2D eigenvalue weighted by Gasteiger charge is -2.16. The number of ether oxygens (including phenoxy) is 1. The van der Waals surface area contributed by atoms with E-state index >= 15 is 0 Å². The second-order valence-corrected chi connectivity index (χ2v) is 8.09. The number of rotatable bonds is 7. The number of nitro benzene ring substituents is 1. The molecule has 3 aromatic carbocycles. The lowest BCUT2D eigenvalue weighted by atomic mass is 10.2. The highest BCUT2D eigenvalue weighted by Crippen LogP contribution is 2.34. The van der Waals surface area contributed by atoms with Crippen molar-refractivity contribution in [3.8, 4) is 5.75 Å². The summed E-state index contributed by atoms with van der Waals surface area (Å²) in [6, 6.07) is 17.7. The second kappa shape index (κ2) is 9.41. The minimum Gasteiger partial charge on any atom is -0.487 e. The SMILES string of the molecule is O=[N+]([O-])c1cccc(NCc2cc(Br)cc(Br)c2OCc2ccccc2Cl)c1. The third-order valence-electron chi connectivity index (χ3n) is 3.96. The zero-order valence-electron chi connectivity index (χ0n) is 14.5. The monoisotopic (exact) mass is 524 g/mol. The van der Waals surface area contributed by atoms with Crippen molar-refractivity contribution < 1.29 is 9.66 Å². The Kier molecular flexibility index (Phi) is 6.93. The number of hydrogen-bond donors (Lipinski definition) is 1. The average Bonchev–Trinajstić information content (AvgIpc) is 2.67. The first-order valence-electron chi connectivity index (χ1n) is 8.26. The number of non-ortho nitro benzene ring substituents is 1. The fourth-order valence-electron chi connectivity index (χ4n) is 2.60. The summed E-state index contributed by atoms with van der Waals surface area (Å²) >= 11 is 13.2. The molecular weight excluding hydrogens is 511 g/mol. The Labute approximate surface area is 184 Å². The number of hydrogen-bond acceptors (Lipinski definition) is 4. The van der Waals surface area contributed by atoms with Gasteiger partial charge in [0, 0.05) is 45.0 Å². The maximum Gasteiger partial charge on any atom is 0.271 e. The minimum atomic E-state index is -0.418. The molecule has 144 valence electrons. The number of nitrogens with zero attached hydrogens (tertiary/aromatic N) is 1. The van der Waals surface area contributed by atoms with Crippen molar-refractivity contribution >= 4 is 54.8 Å². The molecule has 3 rings (SSSR count). The molecule has 0 aliphatic rings. The normalized spacial score (nSPS) is 10.5. The summed E-state index contributed by atoms with van der Waals surface area (Å²) in [4.78, 5) is 10.5. The average molecular weight is 527 g/mol. The van der Waals surface area contributed by atoms with Gasteiger partial charge in [-0.25, -0.2) is 0 Å². The number of nitro groups is 1. The first kappa shape index (κ1) is 20.6. The van der Waals surface area contributed by atoms with E-state index in [-0.39, 0.29) is 5.69 Å². The molecule has 0 bridgehead atoms. The molecule has 0 aliphatic heterocycles. The van der Waals surface area contributed by atoms with Crippen molar-refractivity contribution in [2.75, 3.05) is 5.32 Å². The van der Waals surface area contributed by atoms with Crippen LogP contribution >= 0.6 is 43.5 Å². The van der Waals surface area contributed by atoms with E-state index in [2.05, 4.69) is 37.2 Å². The van der Waals surface area contributed by atoms with Gasteiger partial charge in [-0.3, -0.25) is 10.1 Å². The molecule has 0 aliphatic carbocycles. The maximum absolute atomic E-state index is 11.0. The Hall–Kier alpha value is -2.09. The van der Waals surface area contributed by atoms with Crippen LogP contribution in [0.1, 0.15) is 11.1 Å². The van der Waals surface area contributed by atoms with Crippen LogP contribution in [0.2, 0.25) is 5.02 Å². The largest absolute Gasteiger partial charge is 0.487 e. The molecule has 0 heterocycles. The van der Waals surface area contributed by atoms with Gasteiger partial charge in [-0.2, -0.15) is 0 Å². The smallest absolute Gasteiger partial charge is 0.271 e. The molecule has 28 heavy (non-hydrogen) atoms. The van der Waals surface area contributed by atoms with Gasteiger partial charge in [0.1, 0.15) is 12.4 Å². The van der Waals surface area contributed by atoms with Crippen LogP contribution in [0.25, 0.3) is 0 Å². The van der Waals surface area contributed by atoms with Crippen LogP contribution in [0.3, 0.4) is 0 Å².